The van der Waals surface area contributed by atoms with E-state index < -0.39 is 0 Å². The molecule has 3 rings (SSSR count). The summed E-state index contributed by atoms with van der Waals surface area (Å²) >= 11 is 0. The molecule has 0 aliphatic carbocycles. The van der Waals surface area contributed by atoms with Crippen LogP contribution in [0.5, 0.6) is 0 Å². The van der Waals surface area contributed by atoms with E-state index >= 15 is 0 Å². The van der Waals surface area contributed by atoms with Crippen molar-refractivity contribution in [2.24, 2.45) is 0 Å². The Bertz CT molecular complexity index is 581. The van der Waals surface area contributed by atoms with Crippen LogP contribution in [0.3, 0.4) is 0 Å². The lowest BCUT2D eigenvalue weighted by atomic mass is 9.97. The third kappa shape index (κ3) is 2.63. The molecule has 1 aromatic heterocycles. The van der Waals surface area contributed by atoms with Crippen LogP contribution in [-0.4, -0.2) is 30.2 Å². The largest absolute Gasteiger partial charge is 0.367 e. The molecule has 0 bridgehead atoms. The van der Waals surface area contributed by atoms with Crippen molar-refractivity contribution < 1.29 is 0 Å². The fraction of sp³-hybridized carbons (Fsp3) is 0.471. The Morgan fingerprint density at radius 1 is 1.35 bits per heavy atom. The van der Waals surface area contributed by atoms with Gasteiger partial charge in [0.15, 0.2) is 0 Å². The second kappa shape index (κ2) is 5.80. The van der Waals surface area contributed by atoms with Crippen molar-refractivity contribution in [1.82, 2.24) is 10.3 Å². The minimum atomic E-state index is 0.566. The molecule has 1 aliphatic heterocycles. The molecule has 106 valence electrons. The van der Waals surface area contributed by atoms with Gasteiger partial charge in [0.05, 0.1) is 17.4 Å². The van der Waals surface area contributed by atoms with Gasteiger partial charge in [0.1, 0.15) is 0 Å². The molecule has 20 heavy (non-hydrogen) atoms. The third-order valence-corrected chi connectivity index (χ3v) is 4.28. The van der Waals surface area contributed by atoms with Crippen LogP contribution in [0.2, 0.25) is 0 Å². The van der Waals surface area contributed by atoms with Crippen LogP contribution in [-0.2, 0) is 0 Å². The molecule has 0 spiro atoms. The fourth-order valence-electron chi connectivity index (χ4n) is 3.25. The van der Waals surface area contributed by atoms with Crippen molar-refractivity contribution in [1.29, 1.82) is 0 Å². The van der Waals surface area contributed by atoms with Gasteiger partial charge >= 0.3 is 0 Å². The minimum absolute atomic E-state index is 0.566. The first-order chi connectivity index (χ1) is 9.78. The molecule has 1 saturated heterocycles. The van der Waals surface area contributed by atoms with E-state index in [0.29, 0.717) is 12.1 Å². The summed E-state index contributed by atoms with van der Waals surface area (Å²) in [7, 11) is 0. The lowest BCUT2D eigenvalue weighted by Crippen LogP contribution is -2.47. The van der Waals surface area contributed by atoms with Crippen molar-refractivity contribution >= 4 is 16.6 Å². The Balaban J connectivity index is 1.81. The molecule has 1 N–H and O–H groups in total. The van der Waals surface area contributed by atoms with Gasteiger partial charge in [-0.2, -0.15) is 0 Å². The van der Waals surface area contributed by atoms with E-state index in [1.807, 2.05) is 12.3 Å². The second-order valence-electron chi connectivity index (χ2n) is 5.71. The monoisotopic (exact) mass is 269 g/mol. The molecule has 2 atom stereocenters. The summed E-state index contributed by atoms with van der Waals surface area (Å²) in [6, 6.07) is 11.8. The Hall–Kier alpha value is -1.61. The van der Waals surface area contributed by atoms with Crippen LogP contribution in [0.1, 0.15) is 26.7 Å². The van der Waals surface area contributed by atoms with Crippen molar-refractivity contribution in [3.05, 3.63) is 36.5 Å². The van der Waals surface area contributed by atoms with E-state index in [2.05, 4.69) is 53.3 Å². The predicted octanol–water partition coefficient (Wildman–Crippen LogP) is 3.20. The van der Waals surface area contributed by atoms with Gasteiger partial charge in [-0.15, -0.1) is 0 Å². The maximum atomic E-state index is 4.59. The molecule has 1 fully saturated rings. The average Bonchev–Trinajstić information content (AvgIpc) is 2.47. The minimum Gasteiger partial charge on any atom is -0.367 e. The number of benzene rings is 1. The zero-order chi connectivity index (χ0) is 13.9. The van der Waals surface area contributed by atoms with E-state index in [1.54, 1.807) is 0 Å². The van der Waals surface area contributed by atoms with Gasteiger partial charge in [0.25, 0.3) is 0 Å². The first-order valence-corrected chi connectivity index (χ1v) is 7.62. The molecular weight excluding hydrogens is 246 g/mol. The van der Waals surface area contributed by atoms with Gasteiger partial charge in [-0.25, -0.2) is 0 Å². The molecule has 2 unspecified atom stereocenters. The summed E-state index contributed by atoms with van der Waals surface area (Å²) in [4.78, 5) is 7.08. The number of nitrogens with one attached hydrogen (secondary N) is 1. The number of nitrogens with zero attached hydrogens (tertiary/aromatic N) is 2. The highest BCUT2D eigenvalue weighted by Crippen LogP contribution is 2.26. The van der Waals surface area contributed by atoms with Crippen LogP contribution < -0.4 is 10.2 Å². The van der Waals surface area contributed by atoms with Crippen molar-refractivity contribution in [3.63, 3.8) is 0 Å². The average molecular weight is 269 g/mol. The highest BCUT2D eigenvalue weighted by Gasteiger charge is 2.25. The number of anilines is 1. The molecule has 0 amide bonds. The first kappa shape index (κ1) is 13.4. The lowest BCUT2D eigenvalue weighted by molar-refractivity contribution is 0.374. The summed E-state index contributed by atoms with van der Waals surface area (Å²) in [6.07, 6.45) is 4.44. The van der Waals surface area contributed by atoms with Crippen molar-refractivity contribution in [2.75, 3.05) is 18.0 Å². The standard InChI is InChI=1S/C17H23N3/c1-3-18-15-8-9-20(13(2)10-15)16-11-14-6-4-5-7-17(14)19-12-16/h4-7,11-13,15,18H,3,8-10H2,1-2H3. The summed E-state index contributed by atoms with van der Waals surface area (Å²) in [5.41, 5.74) is 2.33. The maximum Gasteiger partial charge on any atom is 0.0703 e. The summed E-state index contributed by atoms with van der Waals surface area (Å²) in [5.74, 6) is 0. The van der Waals surface area contributed by atoms with Gasteiger partial charge in [-0.3, -0.25) is 4.98 Å². The number of para-hydroxylation sites is 1. The van der Waals surface area contributed by atoms with Crippen LogP contribution in [0.15, 0.2) is 36.5 Å². The van der Waals surface area contributed by atoms with Gasteiger partial charge < -0.3 is 10.2 Å². The zero-order valence-electron chi connectivity index (χ0n) is 12.3. The number of hydrogen-bond donors (Lipinski definition) is 1. The number of piperidine rings is 1. The highest BCUT2D eigenvalue weighted by molar-refractivity contribution is 5.81. The number of pyridine rings is 1. The molecular formula is C17H23N3. The third-order valence-electron chi connectivity index (χ3n) is 4.28. The number of fused-ring (bicyclic) bond motifs is 1. The Morgan fingerprint density at radius 2 is 2.20 bits per heavy atom. The summed E-state index contributed by atoms with van der Waals surface area (Å²) in [5, 5.41) is 4.80. The Morgan fingerprint density at radius 3 is 3.00 bits per heavy atom. The van der Waals surface area contributed by atoms with Gasteiger partial charge in [-0.05, 0) is 38.4 Å². The molecule has 3 nitrogen and oxygen atoms in total. The fourth-order valence-corrected chi connectivity index (χ4v) is 3.25. The van der Waals surface area contributed by atoms with Crippen LogP contribution >= 0.6 is 0 Å². The van der Waals surface area contributed by atoms with E-state index in [-0.39, 0.29) is 0 Å². The summed E-state index contributed by atoms with van der Waals surface area (Å²) < 4.78 is 0. The highest BCUT2D eigenvalue weighted by atomic mass is 15.2. The number of hydrogen-bond acceptors (Lipinski definition) is 3. The van der Waals surface area contributed by atoms with Crippen LogP contribution in [0.25, 0.3) is 10.9 Å². The molecule has 0 radical (unpaired) electrons. The van der Waals surface area contributed by atoms with E-state index in [9.17, 15) is 0 Å². The predicted molar refractivity (Wildman–Crippen MR) is 85.2 cm³/mol. The topological polar surface area (TPSA) is 28.2 Å². The van der Waals surface area contributed by atoms with E-state index in [0.717, 1.165) is 18.6 Å². The second-order valence-corrected chi connectivity index (χ2v) is 5.71. The lowest BCUT2D eigenvalue weighted by Gasteiger charge is -2.39. The Labute approximate surface area is 121 Å². The SMILES string of the molecule is CCNC1CCN(c2cnc3ccccc3c2)C(C)C1. The van der Waals surface area contributed by atoms with E-state index in [4.69, 9.17) is 0 Å². The van der Waals surface area contributed by atoms with Crippen molar-refractivity contribution in [3.8, 4) is 0 Å². The van der Waals surface area contributed by atoms with Gasteiger partial charge in [0, 0.05) is 24.0 Å². The van der Waals surface area contributed by atoms with Gasteiger partial charge in [-0.1, -0.05) is 25.1 Å². The van der Waals surface area contributed by atoms with Crippen molar-refractivity contribution in [2.45, 2.75) is 38.8 Å². The molecule has 1 aromatic carbocycles. The van der Waals surface area contributed by atoms with Crippen LogP contribution in [0.4, 0.5) is 5.69 Å². The molecule has 0 saturated carbocycles. The maximum absolute atomic E-state index is 4.59. The molecule has 1 aliphatic rings. The number of rotatable bonds is 3. The normalized spacial score (nSPS) is 23.2. The first-order valence-electron chi connectivity index (χ1n) is 7.62. The Kier molecular flexibility index (Phi) is 3.88. The molecule has 2 heterocycles. The smallest absolute Gasteiger partial charge is 0.0703 e. The van der Waals surface area contributed by atoms with E-state index in [1.165, 1.54) is 23.9 Å². The zero-order valence-corrected chi connectivity index (χ0v) is 12.3. The van der Waals surface area contributed by atoms with Crippen LogP contribution in [0, 0.1) is 0 Å². The molecule has 2 aromatic rings. The summed E-state index contributed by atoms with van der Waals surface area (Å²) in [6.45, 7) is 6.68. The number of aromatic nitrogens is 1. The molecule has 3 heteroatoms. The van der Waals surface area contributed by atoms with Gasteiger partial charge in [0.2, 0.25) is 0 Å². The quantitative estimate of drug-likeness (QED) is 0.927.